The van der Waals surface area contributed by atoms with Crippen LogP contribution < -0.4 is 16.0 Å². The first-order valence-corrected chi connectivity index (χ1v) is 13.4. The first-order valence-electron chi connectivity index (χ1n) is 12.6. The van der Waals surface area contributed by atoms with Gasteiger partial charge in [-0.25, -0.2) is 9.97 Å². The van der Waals surface area contributed by atoms with Crippen LogP contribution in [0.25, 0.3) is 11.2 Å². The number of piperazine rings is 1. The molecule has 9 heteroatoms. The Kier molecular flexibility index (Phi) is 7.67. The third kappa shape index (κ3) is 5.79. The zero-order valence-electron chi connectivity index (χ0n) is 20.6. The molecular weight excluding hydrogens is 516 g/mol. The van der Waals surface area contributed by atoms with Gasteiger partial charge in [-0.1, -0.05) is 47.0 Å². The van der Waals surface area contributed by atoms with E-state index in [0.29, 0.717) is 17.9 Å². The Morgan fingerprint density at radius 2 is 1.61 bits per heavy atom. The maximum absolute atomic E-state index is 6.19. The van der Waals surface area contributed by atoms with Crippen LogP contribution >= 0.6 is 15.9 Å². The van der Waals surface area contributed by atoms with Gasteiger partial charge in [0.1, 0.15) is 5.52 Å². The monoisotopic (exact) mass is 548 g/mol. The molecule has 2 aliphatic rings. The summed E-state index contributed by atoms with van der Waals surface area (Å²) in [5.41, 5.74) is 9.99. The predicted molar refractivity (Wildman–Crippen MR) is 151 cm³/mol. The third-order valence-corrected chi connectivity index (χ3v) is 7.40. The van der Waals surface area contributed by atoms with Gasteiger partial charge in [0.25, 0.3) is 0 Å². The summed E-state index contributed by atoms with van der Waals surface area (Å²) < 4.78 is 3.22. The largest absolute Gasteiger partial charge is 0.369 e. The van der Waals surface area contributed by atoms with Crippen LogP contribution in [0.4, 0.5) is 23.3 Å². The smallest absolute Gasteiger partial charge is 0.229 e. The first kappa shape index (κ1) is 24.5. The van der Waals surface area contributed by atoms with Crippen LogP contribution in [0.3, 0.4) is 0 Å². The Labute approximate surface area is 220 Å². The van der Waals surface area contributed by atoms with Crippen LogP contribution in [0.5, 0.6) is 0 Å². The minimum atomic E-state index is 0.394. The second-order valence-corrected chi connectivity index (χ2v) is 10.4. The van der Waals surface area contributed by atoms with Crippen molar-refractivity contribution in [2.24, 2.45) is 0 Å². The van der Waals surface area contributed by atoms with E-state index in [2.05, 4.69) is 76.9 Å². The van der Waals surface area contributed by atoms with Gasteiger partial charge in [0.2, 0.25) is 11.9 Å². The van der Waals surface area contributed by atoms with Crippen LogP contribution in [0.15, 0.2) is 65.3 Å². The topological polar surface area (TPSA) is 88.1 Å². The van der Waals surface area contributed by atoms with E-state index in [1.807, 2.05) is 30.3 Å². The lowest BCUT2D eigenvalue weighted by molar-refractivity contribution is 0.313. The highest BCUT2D eigenvalue weighted by atomic mass is 79.9. The fourth-order valence-corrected chi connectivity index (χ4v) is 5.16. The zero-order valence-corrected chi connectivity index (χ0v) is 22.2. The summed E-state index contributed by atoms with van der Waals surface area (Å²) >= 11 is 3.31. The molecule has 0 radical (unpaired) electrons. The fraction of sp³-hybridized carbons (Fsp3) is 0.370. The maximum atomic E-state index is 6.19. The number of benzene rings is 2. The van der Waals surface area contributed by atoms with Crippen molar-refractivity contribution in [1.82, 2.24) is 24.4 Å². The standard InChI is InChI=1S/C21H28N8.C6H5Br/c1-27-10-12-28(13-11-27)16-8-6-15(7-9-16)24-21-23-14-18-19(26-21)29(20(22)25-18)17-4-2-3-5-17;7-6-4-2-1-3-5-6/h6-9,14,17H,2-5,10-13H2,1H3,(H2,22,25)(H,23,24,26);1-5H. The van der Waals surface area contributed by atoms with Crippen molar-refractivity contribution < 1.29 is 0 Å². The van der Waals surface area contributed by atoms with Crippen LogP contribution in [0.1, 0.15) is 31.7 Å². The molecule has 4 aromatic rings. The molecule has 1 aliphatic heterocycles. The Balaban J connectivity index is 0.000000330. The van der Waals surface area contributed by atoms with Crippen molar-refractivity contribution in [3.63, 3.8) is 0 Å². The molecule has 0 bridgehead atoms. The van der Waals surface area contributed by atoms with Crippen molar-refractivity contribution in [3.05, 3.63) is 65.3 Å². The second-order valence-electron chi connectivity index (χ2n) is 9.44. The Morgan fingerprint density at radius 3 is 2.25 bits per heavy atom. The van der Waals surface area contributed by atoms with Crippen LogP contribution in [0, 0.1) is 0 Å². The second kappa shape index (κ2) is 11.3. The molecule has 6 rings (SSSR count). The minimum absolute atomic E-state index is 0.394. The van der Waals surface area contributed by atoms with E-state index in [1.54, 1.807) is 6.20 Å². The summed E-state index contributed by atoms with van der Waals surface area (Å²) in [7, 11) is 2.17. The fourth-order valence-electron chi connectivity index (χ4n) is 4.86. The van der Waals surface area contributed by atoms with E-state index in [1.165, 1.54) is 18.5 Å². The van der Waals surface area contributed by atoms with Gasteiger partial charge < -0.3 is 20.9 Å². The lowest BCUT2D eigenvalue weighted by Crippen LogP contribution is -2.44. The summed E-state index contributed by atoms with van der Waals surface area (Å²) in [6.07, 6.45) is 6.50. The van der Waals surface area contributed by atoms with Gasteiger partial charge in [-0.3, -0.25) is 4.57 Å². The molecule has 0 unspecified atom stereocenters. The van der Waals surface area contributed by atoms with Gasteiger partial charge in [0.05, 0.1) is 6.20 Å². The van der Waals surface area contributed by atoms with Crippen molar-refractivity contribution >= 4 is 50.4 Å². The molecule has 188 valence electrons. The lowest BCUT2D eigenvalue weighted by Gasteiger charge is -2.34. The molecule has 1 saturated carbocycles. The number of aromatic nitrogens is 4. The highest BCUT2D eigenvalue weighted by Gasteiger charge is 2.23. The summed E-state index contributed by atoms with van der Waals surface area (Å²) in [5.74, 6) is 1.11. The molecular formula is C27H33BrN8. The number of nitrogens with zero attached hydrogens (tertiary/aromatic N) is 6. The number of nitrogens with one attached hydrogen (secondary N) is 1. The van der Waals surface area contributed by atoms with Crippen LogP contribution in [0.2, 0.25) is 0 Å². The molecule has 1 aliphatic carbocycles. The molecule has 8 nitrogen and oxygen atoms in total. The summed E-state index contributed by atoms with van der Waals surface area (Å²) in [6.45, 7) is 4.34. The first-order chi connectivity index (χ1) is 17.6. The van der Waals surface area contributed by atoms with Crippen molar-refractivity contribution in [2.45, 2.75) is 31.7 Å². The van der Waals surface area contributed by atoms with E-state index in [4.69, 9.17) is 10.7 Å². The molecule has 36 heavy (non-hydrogen) atoms. The number of halogens is 1. The number of hydrogen-bond donors (Lipinski definition) is 2. The van der Waals surface area contributed by atoms with Gasteiger partial charge in [0.15, 0.2) is 5.65 Å². The van der Waals surface area contributed by atoms with Crippen molar-refractivity contribution in [2.75, 3.05) is 49.2 Å². The predicted octanol–water partition coefficient (Wildman–Crippen LogP) is 5.47. The van der Waals surface area contributed by atoms with Gasteiger partial charge in [-0.05, 0) is 56.3 Å². The molecule has 0 amide bonds. The number of hydrogen-bond acceptors (Lipinski definition) is 7. The van der Waals surface area contributed by atoms with Crippen LogP contribution in [-0.4, -0.2) is 57.6 Å². The highest BCUT2D eigenvalue weighted by Crippen LogP contribution is 2.34. The van der Waals surface area contributed by atoms with E-state index in [0.717, 1.165) is 60.3 Å². The minimum Gasteiger partial charge on any atom is -0.369 e. The number of rotatable bonds is 4. The number of fused-ring (bicyclic) bond motifs is 1. The molecule has 3 heterocycles. The van der Waals surface area contributed by atoms with Crippen molar-refractivity contribution in [1.29, 1.82) is 0 Å². The number of nitrogens with two attached hydrogens (primary N) is 1. The summed E-state index contributed by atoms with van der Waals surface area (Å²) in [4.78, 5) is 18.4. The Hall–Kier alpha value is -3.17. The molecule has 2 aromatic heterocycles. The Morgan fingerprint density at radius 1 is 0.917 bits per heavy atom. The lowest BCUT2D eigenvalue weighted by atomic mass is 10.2. The zero-order chi connectivity index (χ0) is 24.9. The van der Waals surface area contributed by atoms with Gasteiger partial charge >= 0.3 is 0 Å². The molecule has 2 aromatic carbocycles. The molecule has 3 N–H and O–H groups in total. The number of imidazole rings is 1. The Bertz CT molecular complexity index is 1260. The number of likely N-dealkylation sites (N-methyl/N-ethyl adjacent to an activating group) is 1. The van der Waals surface area contributed by atoms with E-state index in [9.17, 15) is 0 Å². The van der Waals surface area contributed by atoms with Gasteiger partial charge in [0, 0.05) is 48.1 Å². The average molecular weight is 550 g/mol. The summed E-state index contributed by atoms with van der Waals surface area (Å²) in [6, 6.07) is 18.9. The summed E-state index contributed by atoms with van der Waals surface area (Å²) in [5, 5.41) is 3.33. The molecule has 2 fully saturated rings. The SMILES string of the molecule is Brc1ccccc1.CN1CCN(c2ccc(Nc3ncc4nc(N)n(C5CCCC5)c4n3)cc2)CC1. The molecule has 1 saturated heterocycles. The van der Waals surface area contributed by atoms with Gasteiger partial charge in [-0.15, -0.1) is 0 Å². The third-order valence-electron chi connectivity index (χ3n) is 6.87. The van der Waals surface area contributed by atoms with Crippen molar-refractivity contribution in [3.8, 4) is 0 Å². The van der Waals surface area contributed by atoms with E-state index >= 15 is 0 Å². The molecule has 0 spiro atoms. The number of nitrogen functional groups attached to an aromatic ring is 1. The molecule has 0 atom stereocenters. The maximum Gasteiger partial charge on any atom is 0.229 e. The normalized spacial score (nSPS) is 16.7. The average Bonchev–Trinajstić information content (AvgIpc) is 3.53. The van der Waals surface area contributed by atoms with E-state index in [-0.39, 0.29) is 0 Å². The number of anilines is 4. The van der Waals surface area contributed by atoms with Gasteiger partial charge in [-0.2, -0.15) is 4.98 Å². The van der Waals surface area contributed by atoms with Crippen LogP contribution in [-0.2, 0) is 0 Å². The quantitative estimate of drug-likeness (QED) is 0.349. The van der Waals surface area contributed by atoms with E-state index < -0.39 is 0 Å². The highest BCUT2D eigenvalue weighted by molar-refractivity contribution is 9.10.